The molecule has 1 aromatic heterocycles. The van der Waals surface area contributed by atoms with Gasteiger partial charge in [0.25, 0.3) is 0 Å². The van der Waals surface area contributed by atoms with Crippen molar-refractivity contribution in [3.05, 3.63) is 11.7 Å². The van der Waals surface area contributed by atoms with Crippen LogP contribution in [0.15, 0.2) is 4.52 Å². The quantitative estimate of drug-likeness (QED) is 0.854. The standard InChI is InChI=1S/C12H19N3O2/c1-8-6-15(5-4-10(8)16)7-11-13-12(17-14-11)9-2-3-9/h8-10,16H,2-7H2,1H3. The molecule has 1 N–H and O–H groups in total. The molecule has 1 saturated carbocycles. The third-order valence-corrected chi connectivity index (χ3v) is 3.72. The molecule has 1 aliphatic heterocycles. The van der Waals surface area contributed by atoms with Crippen LogP contribution in [0.4, 0.5) is 0 Å². The highest BCUT2D eigenvalue weighted by Crippen LogP contribution is 2.38. The van der Waals surface area contributed by atoms with Crippen molar-refractivity contribution in [1.29, 1.82) is 0 Å². The second-order valence-corrected chi connectivity index (χ2v) is 5.39. The summed E-state index contributed by atoms with van der Waals surface area (Å²) < 4.78 is 5.24. The summed E-state index contributed by atoms with van der Waals surface area (Å²) in [6, 6.07) is 0. The van der Waals surface area contributed by atoms with E-state index in [1.165, 1.54) is 12.8 Å². The second-order valence-electron chi connectivity index (χ2n) is 5.39. The monoisotopic (exact) mass is 237 g/mol. The van der Waals surface area contributed by atoms with Gasteiger partial charge in [-0.1, -0.05) is 12.1 Å². The summed E-state index contributed by atoms with van der Waals surface area (Å²) in [7, 11) is 0. The van der Waals surface area contributed by atoms with E-state index in [2.05, 4.69) is 22.0 Å². The largest absolute Gasteiger partial charge is 0.393 e. The van der Waals surface area contributed by atoms with Crippen molar-refractivity contribution in [1.82, 2.24) is 15.0 Å². The Morgan fingerprint density at radius 3 is 2.94 bits per heavy atom. The van der Waals surface area contributed by atoms with E-state index in [1.54, 1.807) is 0 Å². The lowest BCUT2D eigenvalue weighted by molar-refractivity contribution is 0.0308. The van der Waals surface area contributed by atoms with Gasteiger partial charge in [0, 0.05) is 19.0 Å². The van der Waals surface area contributed by atoms with Gasteiger partial charge in [0.2, 0.25) is 5.89 Å². The molecule has 94 valence electrons. The zero-order valence-electron chi connectivity index (χ0n) is 10.2. The number of nitrogens with zero attached hydrogens (tertiary/aromatic N) is 3. The highest BCUT2D eigenvalue weighted by atomic mass is 16.5. The molecule has 2 unspecified atom stereocenters. The van der Waals surface area contributed by atoms with Crippen LogP contribution in [0.5, 0.6) is 0 Å². The highest BCUT2D eigenvalue weighted by Gasteiger charge is 2.30. The number of hydrogen-bond acceptors (Lipinski definition) is 5. The average Bonchev–Trinajstić information content (AvgIpc) is 3.06. The fourth-order valence-corrected chi connectivity index (χ4v) is 2.39. The minimum Gasteiger partial charge on any atom is -0.393 e. The minimum atomic E-state index is -0.154. The fraction of sp³-hybridized carbons (Fsp3) is 0.833. The Hall–Kier alpha value is -0.940. The summed E-state index contributed by atoms with van der Waals surface area (Å²) in [6.45, 7) is 4.66. The van der Waals surface area contributed by atoms with Crippen molar-refractivity contribution in [2.24, 2.45) is 5.92 Å². The molecule has 5 nitrogen and oxygen atoms in total. The van der Waals surface area contributed by atoms with Crippen molar-refractivity contribution in [2.45, 2.75) is 44.8 Å². The first-order valence-electron chi connectivity index (χ1n) is 6.45. The number of aliphatic hydroxyl groups excluding tert-OH is 1. The van der Waals surface area contributed by atoms with E-state index in [1.807, 2.05) is 0 Å². The number of aromatic nitrogens is 2. The van der Waals surface area contributed by atoms with Gasteiger partial charge in [0.05, 0.1) is 12.6 Å². The Bertz CT molecular complexity index is 389. The lowest BCUT2D eigenvalue weighted by Crippen LogP contribution is -2.41. The van der Waals surface area contributed by atoms with E-state index in [4.69, 9.17) is 4.52 Å². The molecule has 0 amide bonds. The molecular weight excluding hydrogens is 218 g/mol. The van der Waals surface area contributed by atoms with Crippen LogP contribution >= 0.6 is 0 Å². The van der Waals surface area contributed by atoms with Crippen LogP contribution in [-0.2, 0) is 6.54 Å². The first-order chi connectivity index (χ1) is 8.22. The molecule has 1 aromatic rings. The molecule has 2 atom stereocenters. The van der Waals surface area contributed by atoms with Crippen LogP contribution in [0.25, 0.3) is 0 Å². The number of likely N-dealkylation sites (tertiary alicyclic amines) is 1. The van der Waals surface area contributed by atoms with Crippen LogP contribution in [0, 0.1) is 5.92 Å². The van der Waals surface area contributed by atoms with Crippen LogP contribution in [0.3, 0.4) is 0 Å². The molecule has 5 heteroatoms. The maximum atomic E-state index is 9.67. The number of rotatable bonds is 3. The summed E-state index contributed by atoms with van der Waals surface area (Å²) in [5.41, 5.74) is 0. The highest BCUT2D eigenvalue weighted by molar-refractivity contribution is 5.01. The van der Waals surface area contributed by atoms with E-state index < -0.39 is 0 Å². The van der Waals surface area contributed by atoms with Crippen molar-refractivity contribution in [3.8, 4) is 0 Å². The molecule has 0 radical (unpaired) electrons. The Kier molecular flexibility index (Phi) is 2.88. The summed E-state index contributed by atoms with van der Waals surface area (Å²) in [4.78, 5) is 6.72. The smallest absolute Gasteiger partial charge is 0.229 e. The zero-order chi connectivity index (χ0) is 11.8. The number of hydrogen-bond donors (Lipinski definition) is 1. The predicted molar refractivity (Wildman–Crippen MR) is 61.3 cm³/mol. The Morgan fingerprint density at radius 2 is 2.24 bits per heavy atom. The lowest BCUT2D eigenvalue weighted by atomic mass is 9.97. The molecule has 1 saturated heterocycles. The van der Waals surface area contributed by atoms with E-state index >= 15 is 0 Å². The van der Waals surface area contributed by atoms with Gasteiger partial charge in [-0.25, -0.2) is 0 Å². The van der Waals surface area contributed by atoms with Crippen molar-refractivity contribution >= 4 is 0 Å². The summed E-state index contributed by atoms with van der Waals surface area (Å²) in [6.07, 6.45) is 3.07. The van der Waals surface area contributed by atoms with Crippen LogP contribution in [0.2, 0.25) is 0 Å². The average molecular weight is 237 g/mol. The van der Waals surface area contributed by atoms with Crippen molar-refractivity contribution in [2.75, 3.05) is 13.1 Å². The molecule has 2 heterocycles. The van der Waals surface area contributed by atoms with Gasteiger partial charge >= 0.3 is 0 Å². The molecule has 3 rings (SSSR count). The Morgan fingerprint density at radius 1 is 1.41 bits per heavy atom. The van der Waals surface area contributed by atoms with Gasteiger partial charge < -0.3 is 9.63 Å². The number of piperidine rings is 1. The fourth-order valence-electron chi connectivity index (χ4n) is 2.39. The molecule has 17 heavy (non-hydrogen) atoms. The topological polar surface area (TPSA) is 62.4 Å². The minimum absolute atomic E-state index is 0.154. The molecule has 2 fully saturated rings. The summed E-state index contributed by atoms with van der Waals surface area (Å²) in [5, 5.41) is 13.7. The van der Waals surface area contributed by atoms with E-state index in [9.17, 15) is 5.11 Å². The Balaban J connectivity index is 1.58. The number of aliphatic hydroxyl groups is 1. The summed E-state index contributed by atoms with van der Waals surface area (Å²) in [5.74, 6) is 2.46. The first kappa shape index (κ1) is 11.2. The van der Waals surface area contributed by atoms with Crippen LogP contribution in [0.1, 0.15) is 43.8 Å². The van der Waals surface area contributed by atoms with Crippen molar-refractivity contribution in [3.63, 3.8) is 0 Å². The van der Waals surface area contributed by atoms with Gasteiger partial charge in [-0.3, -0.25) is 4.90 Å². The second kappa shape index (κ2) is 4.38. The molecule has 2 aliphatic rings. The van der Waals surface area contributed by atoms with E-state index in [0.717, 1.165) is 37.8 Å². The third kappa shape index (κ3) is 2.50. The molecule has 0 spiro atoms. The normalized spacial score (nSPS) is 30.7. The summed E-state index contributed by atoms with van der Waals surface area (Å²) >= 11 is 0. The maximum Gasteiger partial charge on any atom is 0.229 e. The van der Waals surface area contributed by atoms with Gasteiger partial charge in [-0.15, -0.1) is 0 Å². The van der Waals surface area contributed by atoms with Gasteiger partial charge in [-0.2, -0.15) is 4.98 Å². The SMILES string of the molecule is CC1CN(Cc2noc(C3CC3)n2)CCC1O. The molecule has 0 bridgehead atoms. The first-order valence-corrected chi connectivity index (χ1v) is 6.45. The van der Waals surface area contributed by atoms with Crippen molar-refractivity contribution < 1.29 is 9.63 Å². The van der Waals surface area contributed by atoms with E-state index in [0.29, 0.717) is 11.8 Å². The molecule has 0 aromatic carbocycles. The maximum absolute atomic E-state index is 9.67. The van der Waals surface area contributed by atoms with E-state index in [-0.39, 0.29) is 6.10 Å². The predicted octanol–water partition coefficient (Wildman–Crippen LogP) is 1.15. The third-order valence-electron chi connectivity index (χ3n) is 3.72. The zero-order valence-corrected chi connectivity index (χ0v) is 10.2. The lowest BCUT2D eigenvalue weighted by Gasteiger charge is -2.33. The Labute approximate surface area is 101 Å². The molecule has 1 aliphatic carbocycles. The van der Waals surface area contributed by atoms with Gasteiger partial charge in [0.1, 0.15) is 0 Å². The van der Waals surface area contributed by atoms with Gasteiger partial charge in [0.15, 0.2) is 5.82 Å². The van der Waals surface area contributed by atoms with Gasteiger partial charge in [-0.05, 0) is 25.2 Å². The molecular formula is C12H19N3O2. The van der Waals surface area contributed by atoms with Crippen LogP contribution < -0.4 is 0 Å². The van der Waals surface area contributed by atoms with Crippen LogP contribution in [-0.4, -0.2) is 39.3 Å².